The quantitative estimate of drug-likeness (QED) is 0.578. The highest BCUT2D eigenvalue weighted by Crippen LogP contribution is 2.29. The number of aromatic nitrogens is 1. The Morgan fingerprint density at radius 3 is 2.80 bits per heavy atom. The van der Waals surface area contributed by atoms with Crippen LogP contribution in [0.5, 0.6) is 5.75 Å². The van der Waals surface area contributed by atoms with Crippen LogP contribution in [-0.4, -0.2) is 34.7 Å². The summed E-state index contributed by atoms with van der Waals surface area (Å²) in [5.41, 5.74) is 2.64. The van der Waals surface area contributed by atoms with E-state index in [2.05, 4.69) is 10.1 Å². The van der Waals surface area contributed by atoms with Gasteiger partial charge >= 0.3 is 0 Å². The minimum atomic E-state index is -0.112. The normalized spacial score (nSPS) is 19.7. The Balaban J connectivity index is 1.60. The number of hydrogen-bond donors (Lipinski definition) is 1. The lowest BCUT2D eigenvalue weighted by Gasteiger charge is -2.18. The molecule has 7 nitrogen and oxygen atoms in total. The number of aryl methyl sites for hydroxylation is 2. The van der Waals surface area contributed by atoms with E-state index in [0.29, 0.717) is 72.7 Å². The molecule has 0 spiro atoms. The fraction of sp³-hybridized carbons (Fsp3) is 0.391. The molecule has 1 saturated carbocycles. The van der Waals surface area contributed by atoms with Crippen LogP contribution in [0.3, 0.4) is 0 Å². The van der Waals surface area contributed by atoms with Crippen molar-refractivity contribution >= 4 is 23.0 Å². The lowest BCUT2D eigenvalue weighted by molar-refractivity contribution is -0.115. The van der Waals surface area contributed by atoms with Crippen molar-refractivity contribution in [1.82, 2.24) is 5.16 Å². The predicted molar refractivity (Wildman–Crippen MR) is 111 cm³/mol. The number of Topliss-reactive ketones (excluding diaryl/α,β-unsaturated/α-hetero) is 2. The van der Waals surface area contributed by atoms with E-state index in [1.807, 2.05) is 18.2 Å². The van der Waals surface area contributed by atoms with E-state index in [-0.39, 0.29) is 29.3 Å². The number of fused-ring (bicyclic) bond motifs is 1. The van der Waals surface area contributed by atoms with E-state index in [1.54, 1.807) is 13.2 Å². The van der Waals surface area contributed by atoms with Crippen LogP contribution in [0.25, 0.3) is 0 Å². The second kappa shape index (κ2) is 8.65. The second-order valence-corrected chi connectivity index (χ2v) is 7.56. The van der Waals surface area contributed by atoms with Crippen molar-refractivity contribution in [3.8, 4) is 5.75 Å². The van der Waals surface area contributed by atoms with E-state index in [4.69, 9.17) is 9.26 Å². The number of aliphatic hydroxyl groups is 1. The van der Waals surface area contributed by atoms with E-state index in [9.17, 15) is 14.7 Å². The fourth-order valence-corrected chi connectivity index (χ4v) is 4.02. The van der Waals surface area contributed by atoms with Gasteiger partial charge in [-0.2, -0.15) is 0 Å². The number of hydrogen-bond acceptors (Lipinski definition) is 7. The summed E-state index contributed by atoms with van der Waals surface area (Å²) in [6, 6.07) is 7.27. The maximum Gasteiger partial charge on any atom is 0.168 e. The summed E-state index contributed by atoms with van der Waals surface area (Å²) < 4.78 is 10.5. The fourth-order valence-electron chi connectivity index (χ4n) is 4.02. The Kier molecular flexibility index (Phi) is 5.79. The number of benzene rings is 1. The van der Waals surface area contributed by atoms with Crippen LogP contribution in [0.1, 0.15) is 60.3 Å². The Morgan fingerprint density at radius 2 is 1.97 bits per heavy atom. The van der Waals surface area contributed by atoms with Gasteiger partial charge in [-0.1, -0.05) is 11.2 Å². The van der Waals surface area contributed by atoms with Gasteiger partial charge in [-0.15, -0.1) is 0 Å². The Labute approximate surface area is 174 Å². The molecule has 2 aliphatic carbocycles. The first-order valence-electron chi connectivity index (χ1n) is 10.2. The first-order chi connectivity index (χ1) is 14.6. The molecule has 2 aliphatic rings. The van der Waals surface area contributed by atoms with E-state index in [1.165, 1.54) is 0 Å². The number of aliphatic hydroxyl groups excluding tert-OH is 1. The maximum absolute atomic E-state index is 12.6. The van der Waals surface area contributed by atoms with Crippen LogP contribution in [0.4, 0.5) is 5.69 Å². The number of ether oxygens (including phenoxy) is 1. The average Bonchev–Trinajstić information content (AvgIpc) is 3.17. The van der Waals surface area contributed by atoms with Crippen LogP contribution in [0.2, 0.25) is 0 Å². The molecule has 0 bridgehead atoms. The molecule has 0 atom stereocenters. The number of rotatable bonds is 5. The van der Waals surface area contributed by atoms with Crippen molar-refractivity contribution in [1.29, 1.82) is 0 Å². The van der Waals surface area contributed by atoms with Crippen LogP contribution < -0.4 is 4.74 Å². The molecule has 7 heteroatoms. The SMILES string of the molecule is COc1cccc(N=C2CCCC(=O)/C2=C(/O)CCc2noc3c2C(=O)CCC3)c1. The molecular formula is C23H24N2O5. The summed E-state index contributed by atoms with van der Waals surface area (Å²) in [5.74, 6) is 1.21. The van der Waals surface area contributed by atoms with Crippen molar-refractivity contribution in [2.24, 2.45) is 4.99 Å². The summed E-state index contributed by atoms with van der Waals surface area (Å²) >= 11 is 0. The van der Waals surface area contributed by atoms with E-state index < -0.39 is 0 Å². The van der Waals surface area contributed by atoms with Gasteiger partial charge in [0.1, 0.15) is 17.3 Å². The lowest BCUT2D eigenvalue weighted by Crippen LogP contribution is -2.21. The summed E-state index contributed by atoms with van der Waals surface area (Å²) in [5, 5.41) is 14.8. The molecule has 1 heterocycles. The topological polar surface area (TPSA) is 102 Å². The Morgan fingerprint density at radius 1 is 1.17 bits per heavy atom. The smallest absolute Gasteiger partial charge is 0.168 e. The Bertz CT molecular complexity index is 1050. The number of allylic oxidation sites excluding steroid dienone is 2. The third-order valence-corrected chi connectivity index (χ3v) is 5.51. The standard InChI is InChI=1S/C23H24N2O5/c1-29-15-6-2-5-14(13-15)24-16-7-3-8-18(26)22(16)20(28)12-11-17-23-19(27)9-4-10-21(23)30-25-17/h2,5-6,13,28H,3-4,7-12H2,1H3/b22-20+,24-16?. The van der Waals surface area contributed by atoms with E-state index >= 15 is 0 Å². The van der Waals surface area contributed by atoms with Crippen molar-refractivity contribution in [3.63, 3.8) is 0 Å². The largest absolute Gasteiger partial charge is 0.511 e. The van der Waals surface area contributed by atoms with Crippen molar-refractivity contribution in [2.45, 2.75) is 51.4 Å². The average molecular weight is 408 g/mol. The molecule has 1 N–H and O–H groups in total. The van der Waals surface area contributed by atoms with Crippen LogP contribution in [0.15, 0.2) is 45.1 Å². The van der Waals surface area contributed by atoms with Gasteiger partial charge in [-0.3, -0.25) is 14.6 Å². The second-order valence-electron chi connectivity index (χ2n) is 7.56. The van der Waals surface area contributed by atoms with Gasteiger partial charge in [0.15, 0.2) is 11.6 Å². The summed E-state index contributed by atoms with van der Waals surface area (Å²) in [6.07, 6.45) is 4.19. The molecule has 0 amide bonds. The third-order valence-electron chi connectivity index (χ3n) is 5.51. The van der Waals surface area contributed by atoms with Gasteiger partial charge in [0.25, 0.3) is 0 Å². The zero-order valence-electron chi connectivity index (χ0n) is 16.9. The van der Waals surface area contributed by atoms with E-state index in [0.717, 1.165) is 6.42 Å². The first kappa shape index (κ1) is 20.1. The van der Waals surface area contributed by atoms with Crippen molar-refractivity contribution in [3.05, 3.63) is 52.6 Å². The number of aliphatic imine (C=N–C) groups is 1. The highest BCUT2D eigenvalue weighted by molar-refractivity contribution is 6.24. The van der Waals surface area contributed by atoms with Gasteiger partial charge in [-0.25, -0.2) is 0 Å². The van der Waals surface area contributed by atoms with Gasteiger partial charge in [0.2, 0.25) is 0 Å². The molecule has 1 aromatic heterocycles. The molecule has 2 aromatic rings. The first-order valence-corrected chi connectivity index (χ1v) is 10.2. The molecule has 0 saturated heterocycles. The molecule has 0 aliphatic heterocycles. The Hall–Kier alpha value is -3.22. The summed E-state index contributed by atoms with van der Waals surface area (Å²) in [7, 11) is 1.58. The summed E-state index contributed by atoms with van der Waals surface area (Å²) in [6.45, 7) is 0. The molecular weight excluding hydrogens is 384 g/mol. The lowest BCUT2D eigenvalue weighted by atomic mass is 9.88. The minimum Gasteiger partial charge on any atom is -0.511 e. The van der Waals surface area contributed by atoms with Gasteiger partial charge in [-0.05, 0) is 31.4 Å². The molecule has 156 valence electrons. The number of carbonyl (C=O) groups is 2. The molecule has 0 unspecified atom stereocenters. The molecule has 1 aromatic carbocycles. The van der Waals surface area contributed by atoms with Crippen LogP contribution >= 0.6 is 0 Å². The molecule has 1 fully saturated rings. The third kappa shape index (κ3) is 4.06. The van der Waals surface area contributed by atoms with Crippen LogP contribution in [0, 0.1) is 0 Å². The van der Waals surface area contributed by atoms with Gasteiger partial charge in [0.05, 0.1) is 35.3 Å². The number of carbonyl (C=O) groups excluding carboxylic acids is 2. The van der Waals surface area contributed by atoms with Gasteiger partial charge in [0, 0.05) is 38.2 Å². The molecule has 4 rings (SSSR count). The predicted octanol–water partition coefficient (Wildman–Crippen LogP) is 4.47. The monoisotopic (exact) mass is 408 g/mol. The van der Waals surface area contributed by atoms with Crippen molar-refractivity contribution < 1.29 is 24.0 Å². The van der Waals surface area contributed by atoms with Crippen molar-refractivity contribution in [2.75, 3.05) is 7.11 Å². The highest BCUT2D eigenvalue weighted by atomic mass is 16.5. The van der Waals surface area contributed by atoms with Gasteiger partial charge < -0.3 is 14.4 Å². The maximum atomic E-state index is 12.6. The minimum absolute atomic E-state index is 0.0126. The number of methoxy groups -OCH3 is 1. The summed E-state index contributed by atoms with van der Waals surface area (Å²) in [4.78, 5) is 29.4. The zero-order chi connectivity index (χ0) is 21.1. The number of ketones is 2. The highest BCUT2D eigenvalue weighted by Gasteiger charge is 2.28. The zero-order valence-corrected chi connectivity index (χ0v) is 16.9. The van der Waals surface area contributed by atoms with Crippen LogP contribution in [-0.2, 0) is 17.6 Å². The number of nitrogens with zero attached hydrogens (tertiary/aromatic N) is 2. The molecule has 0 radical (unpaired) electrons. The molecule has 30 heavy (non-hydrogen) atoms.